The first kappa shape index (κ1) is 12.9. The number of nitrogens with one attached hydrogen (secondary N) is 2. The second kappa shape index (κ2) is 6.39. The lowest BCUT2D eigenvalue weighted by molar-refractivity contribution is -0.120. The number of amides is 1. The smallest absolute Gasteiger partial charge is 0.233 e. The van der Waals surface area contributed by atoms with Gasteiger partial charge in [-0.2, -0.15) is 5.26 Å². The number of nitriles is 1. The van der Waals surface area contributed by atoms with Crippen molar-refractivity contribution in [3.8, 4) is 6.07 Å². The average Bonchev–Trinajstić information content (AvgIpc) is 2.13. The third-order valence-corrected chi connectivity index (χ3v) is 1.89. The highest BCUT2D eigenvalue weighted by molar-refractivity contribution is 5.77. The van der Waals surface area contributed by atoms with Crippen LogP contribution in [-0.2, 0) is 4.79 Å². The molecule has 14 heavy (non-hydrogen) atoms. The van der Waals surface area contributed by atoms with E-state index in [-0.39, 0.29) is 11.3 Å². The second-order valence-electron chi connectivity index (χ2n) is 3.88. The van der Waals surface area contributed by atoms with Crippen molar-refractivity contribution < 1.29 is 4.79 Å². The fourth-order valence-corrected chi connectivity index (χ4v) is 0.918. The molecule has 0 saturated carbocycles. The number of carbonyl (C=O) groups is 1. The summed E-state index contributed by atoms with van der Waals surface area (Å²) in [7, 11) is 0. The number of carbonyl (C=O) groups excluding carboxylic acids is 1. The van der Waals surface area contributed by atoms with Crippen molar-refractivity contribution in [2.24, 2.45) is 5.41 Å². The molecule has 0 heterocycles. The van der Waals surface area contributed by atoms with E-state index in [0.717, 1.165) is 6.42 Å². The Balaban J connectivity index is 3.48. The fraction of sp³-hybridized carbons (Fsp3) is 0.800. The minimum absolute atomic E-state index is 0.00210. The molecule has 80 valence electrons. The average molecular weight is 197 g/mol. The van der Waals surface area contributed by atoms with Crippen LogP contribution in [0.1, 0.15) is 27.2 Å². The highest BCUT2D eigenvalue weighted by Gasteiger charge is 2.15. The molecule has 0 aromatic rings. The normalized spacial score (nSPS) is 10.7. The standard InChI is InChI=1S/C10H19N3O/c1-4-13-9(14)7-12-6-5-10(2,3)8-11/h12H,4-7H2,1-3H3,(H,13,14). The number of likely N-dealkylation sites (N-methyl/N-ethyl adjacent to an activating group) is 1. The summed E-state index contributed by atoms with van der Waals surface area (Å²) in [5.41, 5.74) is -0.311. The highest BCUT2D eigenvalue weighted by atomic mass is 16.1. The topological polar surface area (TPSA) is 64.9 Å². The van der Waals surface area contributed by atoms with Crippen molar-refractivity contribution >= 4 is 5.91 Å². The van der Waals surface area contributed by atoms with E-state index >= 15 is 0 Å². The summed E-state index contributed by atoms with van der Waals surface area (Å²) in [4.78, 5) is 11.0. The quantitative estimate of drug-likeness (QED) is 0.614. The van der Waals surface area contributed by atoms with Crippen molar-refractivity contribution in [1.82, 2.24) is 10.6 Å². The summed E-state index contributed by atoms with van der Waals surface area (Å²) in [6, 6.07) is 2.21. The Morgan fingerprint density at radius 2 is 2.14 bits per heavy atom. The molecule has 4 heteroatoms. The van der Waals surface area contributed by atoms with E-state index in [1.54, 1.807) is 0 Å². The van der Waals surface area contributed by atoms with Crippen molar-refractivity contribution in [1.29, 1.82) is 5.26 Å². The van der Waals surface area contributed by atoms with Crippen LogP contribution in [0, 0.1) is 16.7 Å². The van der Waals surface area contributed by atoms with Crippen molar-refractivity contribution in [2.45, 2.75) is 27.2 Å². The molecular weight excluding hydrogens is 178 g/mol. The first-order valence-corrected chi connectivity index (χ1v) is 4.90. The lowest BCUT2D eigenvalue weighted by Crippen LogP contribution is -2.34. The van der Waals surface area contributed by atoms with E-state index in [0.29, 0.717) is 19.6 Å². The molecule has 4 nitrogen and oxygen atoms in total. The maximum atomic E-state index is 11.0. The lowest BCUT2D eigenvalue weighted by Gasteiger charge is -2.14. The summed E-state index contributed by atoms with van der Waals surface area (Å²) in [5, 5.41) is 14.4. The molecule has 0 spiro atoms. The predicted molar refractivity (Wildman–Crippen MR) is 55.6 cm³/mol. The van der Waals surface area contributed by atoms with Crippen LogP contribution in [0.3, 0.4) is 0 Å². The van der Waals surface area contributed by atoms with Gasteiger partial charge < -0.3 is 10.6 Å². The van der Waals surface area contributed by atoms with Gasteiger partial charge in [-0.15, -0.1) is 0 Å². The van der Waals surface area contributed by atoms with Crippen LogP contribution < -0.4 is 10.6 Å². The summed E-state index contributed by atoms with van der Waals surface area (Å²) in [6.45, 7) is 7.34. The Morgan fingerprint density at radius 1 is 1.50 bits per heavy atom. The zero-order valence-electron chi connectivity index (χ0n) is 9.18. The van der Waals surface area contributed by atoms with Gasteiger partial charge in [-0.1, -0.05) is 0 Å². The van der Waals surface area contributed by atoms with E-state index in [1.807, 2.05) is 20.8 Å². The summed E-state index contributed by atoms with van der Waals surface area (Å²) >= 11 is 0. The van der Waals surface area contributed by atoms with Gasteiger partial charge >= 0.3 is 0 Å². The van der Waals surface area contributed by atoms with Gasteiger partial charge in [0, 0.05) is 6.54 Å². The van der Waals surface area contributed by atoms with Gasteiger partial charge in [0.1, 0.15) is 0 Å². The SMILES string of the molecule is CCNC(=O)CNCCC(C)(C)C#N. The van der Waals surface area contributed by atoms with E-state index in [1.165, 1.54) is 0 Å². The number of hydrogen-bond donors (Lipinski definition) is 2. The molecule has 0 bridgehead atoms. The third kappa shape index (κ3) is 6.44. The summed E-state index contributed by atoms with van der Waals surface area (Å²) in [5.74, 6) is 0.00210. The van der Waals surface area contributed by atoms with Gasteiger partial charge in [0.05, 0.1) is 18.0 Å². The minimum atomic E-state index is -0.311. The van der Waals surface area contributed by atoms with E-state index in [2.05, 4.69) is 16.7 Å². The molecule has 0 saturated heterocycles. The number of rotatable bonds is 6. The van der Waals surface area contributed by atoms with Crippen LogP contribution in [0.15, 0.2) is 0 Å². The molecule has 0 rings (SSSR count). The van der Waals surface area contributed by atoms with Crippen LogP contribution in [0.5, 0.6) is 0 Å². The van der Waals surface area contributed by atoms with Crippen molar-refractivity contribution in [3.63, 3.8) is 0 Å². The van der Waals surface area contributed by atoms with E-state index < -0.39 is 0 Å². The third-order valence-electron chi connectivity index (χ3n) is 1.89. The van der Waals surface area contributed by atoms with Crippen LogP contribution in [0.2, 0.25) is 0 Å². The molecule has 0 fully saturated rings. The van der Waals surface area contributed by atoms with Gasteiger partial charge in [-0.25, -0.2) is 0 Å². The maximum Gasteiger partial charge on any atom is 0.233 e. The predicted octanol–water partition coefficient (Wildman–Crippen LogP) is 0.652. The fourth-order valence-electron chi connectivity index (χ4n) is 0.918. The number of hydrogen-bond acceptors (Lipinski definition) is 3. The van der Waals surface area contributed by atoms with E-state index in [9.17, 15) is 4.79 Å². The maximum absolute atomic E-state index is 11.0. The Bertz CT molecular complexity index is 218. The van der Waals surface area contributed by atoms with Crippen molar-refractivity contribution in [2.75, 3.05) is 19.6 Å². The van der Waals surface area contributed by atoms with Crippen LogP contribution in [-0.4, -0.2) is 25.5 Å². The van der Waals surface area contributed by atoms with E-state index in [4.69, 9.17) is 5.26 Å². The molecule has 0 aliphatic carbocycles. The van der Waals surface area contributed by atoms with Gasteiger partial charge in [0.15, 0.2) is 0 Å². The molecule has 0 aromatic heterocycles. The monoisotopic (exact) mass is 197 g/mol. The van der Waals surface area contributed by atoms with Crippen LogP contribution in [0.25, 0.3) is 0 Å². The summed E-state index contributed by atoms with van der Waals surface area (Å²) < 4.78 is 0. The molecule has 1 amide bonds. The minimum Gasteiger partial charge on any atom is -0.355 e. The zero-order chi connectivity index (χ0) is 11.0. The van der Waals surface area contributed by atoms with Crippen LogP contribution in [0.4, 0.5) is 0 Å². The lowest BCUT2D eigenvalue weighted by atomic mass is 9.91. The molecule has 0 atom stereocenters. The highest BCUT2D eigenvalue weighted by Crippen LogP contribution is 2.16. The van der Waals surface area contributed by atoms with Gasteiger partial charge in [-0.05, 0) is 33.7 Å². The Labute approximate surface area is 85.7 Å². The van der Waals surface area contributed by atoms with Gasteiger partial charge in [-0.3, -0.25) is 4.79 Å². The Morgan fingerprint density at radius 3 is 2.64 bits per heavy atom. The zero-order valence-corrected chi connectivity index (χ0v) is 9.18. The first-order valence-electron chi connectivity index (χ1n) is 4.90. The molecule has 0 aromatic carbocycles. The molecule has 0 unspecified atom stereocenters. The van der Waals surface area contributed by atoms with Gasteiger partial charge in [0.25, 0.3) is 0 Å². The largest absolute Gasteiger partial charge is 0.355 e. The Hall–Kier alpha value is -1.08. The molecule has 0 aliphatic heterocycles. The molecule has 0 aliphatic rings. The second-order valence-corrected chi connectivity index (χ2v) is 3.88. The van der Waals surface area contributed by atoms with Crippen molar-refractivity contribution in [3.05, 3.63) is 0 Å². The molecule has 2 N–H and O–H groups in total. The number of nitrogens with zero attached hydrogens (tertiary/aromatic N) is 1. The first-order chi connectivity index (χ1) is 6.52. The molecule has 0 radical (unpaired) electrons. The van der Waals surface area contributed by atoms with Gasteiger partial charge in [0.2, 0.25) is 5.91 Å². The molecular formula is C10H19N3O. The van der Waals surface area contributed by atoms with Crippen LogP contribution >= 0.6 is 0 Å². The summed E-state index contributed by atoms with van der Waals surface area (Å²) in [6.07, 6.45) is 0.753. The Kier molecular flexibility index (Phi) is 5.89.